The number of benzene rings is 1. The maximum absolute atomic E-state index is 14.1. The number of nitrogens with zero attached hydrogens (tertiary/aromatic N) is 1. The minimum absolute atomic E-state index is 0.0422. The average molecular weight is 293 g/mol. The van der Waals surface area contributed by atoms with Crippen LogP contribution < -0.4 is 5.43 Å². The smallest absolute Gasteiger partial charge is 0.308 e. The Bertz CT molecular complexity index is 822. The van der Waals surface area contributed by atoms with Gasteiger partial charge in [-0.1, -0.05) is 0 Å². The van der Waals surface area contributed by atoms with E-state index in [4.69, 9.17) is 5.11 Å². The molecule has 1 heterocycles. The SMILES string of the molecule is Cc1c(CC(=O)O)c(=O)c2cc(F)cc(F)c2n1C1CC1. The summed E-state index contributed by atoms with van der Waals surface area (Å²) in [5.41, 5.74) is -0.00875. The van der Waals surface area contributed by atoms with E-state index in [1.54, 1.807) is 11.5 Å². The van der Waals surface area contributed by atoms with E-state index >= 15 is 0 Å². The molecular weight excluding hydrogens is 280 g/mol. The van der Waals surface area contributed by atoms with E-state index in [2.05, 4.69) is 0 Å². The number of aliphatic carboxylic acids is 1. The molecule has 1 aromatic carbocycles. The lowest BCUT2D eigenvalue weighted by molar-refractivity contribution is -0.136. The molecule has 0 atom stereocenters. The van der Waals surface area contributed by atoms with Crippen LogP contribution in [0.25, 0.3) is 10.9 Å². The topological polar surface area (TPSA) is 59.3 Å². The lowest BCUT2D eigenvalue weighted by atomic mass is 10.0. The molecule has 0 saturated heterocycles. The number of pyridine rings is 1. The van der Waals surface area contributed by atoms with Crippen LogP contribution in [0.5, 0.6) is 0 Å². The van der Waals surface area contributed by atoms with E-state index in [9.17, 15) is 18.4 Å². The van der Waals surface area contributed by atoms with Gasteiger partial charge in [0.25, 0.3) is 0 Å². The molecule has 1 aliphatic rings. The van der Waals surface area contributed by atoms with Crippen LogP contribution in [0.2, 0.25) is 0 Å². The second-order valence-electron chi connectivity index (χ2n) is 5.35. The van der Waals surface area contributed by atoms with Crippen molar-refractivity contribution in [3.63, 3.8) is 0 Å². The quantitative estimate of drug-likeness (QED) is 0.946. The van der Waals surface area contributed by atoms with Gasteiger partial charge in [-0.25, -0.2) is 8.78 Å². The van der Waals surface area contributed by atoms with Crippen LogP contribution in [0.4, 0.5) is 8.78 Å². The second-order valence-corrected chi connectivity index (χ2v) is 5.35. The molecule has 1 saturated carbocycles. The van der Waals surface area contributed by atoms with Crippen molar-refractivity contribution in [1.29, 1.82) is 0 Å². The first kappa shape index (κ1) is 13.7. The molecule has 21 heavy (non-hydrogen) atoms. The standard InChI is InChI=1S/C15H13F2NO3/c1-7-10(6-13(19)20)15(21)11-4-8(16)5-12(17)14(11)18(7)9-2-3-9/h4-5,9H,2-3,6H2,1H3,(H,19,20). The molecule has 2 aromatic rings. The highest BCUT2D eigenvalue weighted by molar-refractivity contribution is 5.83. The molecule has 3 rings (SSSR count). The number of hydrogen-bond acceptors (Lipinski definition) is 2. The third-order valence-corrected chi connectivity index (χ3v) is 3.83. The van der Waals surface area contributed by atoms with Gasteiger partial charge in [-0.2, -0.15) is 0 Å². The van der Waals surface area contributed by atoms with Crippen molar-refractivity contribution in [3.05, 3.63) is 45.2 Å². The number of carboxylic acid groups (broad SMARTS) is 1. The normalized spacial score (nSPS) is 14.6. The number of carboxylic acids is 1. The zero-order valence-corrected chi connectivity index (χ0v) is 11.3. The molecule has 1 aliphatic carbocycles. The number of halogens is 2. The summed E-state index contributed by atoms with van der Waals surface area (Å²) in [5, 5.41) is 8.85. The summed E-state index contributed by atoms with van der Waals surface area (Å²) in [6.45, 7) is 1.61. The van der Waals surface area contributed by atoms with Crippen LogP contribution in [0.3, 0.4) is 0 Å². The van der Waals surface area contributed by atoms with E-state index in [0.29, 0.717) is 5.69 Å². The molecule has 1 aromatic heterocycles. The number of rotatable bonds is 3. The van der Waals surface area contributed by atoms with Gasteiger partial charge in [-0.3, -0.25) is 9.59 Å². The Kier molecular flexibility index (Phi) is 3.04. The molecule has 1 N–H and O–H groups in total. The summed E-state index contributed by atoms with van der Waals surface area (Å²) in [5.74, 6) is -2.78. The van der Waals surface area contributed by atoms with Crippen LogP contribution in [-0.4, -0.2) is 15.6 Å². The first-order valence-corrected chi connectivity index (χ1v) is 6.64. The Morgan fingerprint density at radius 1 is 1.38 bits per heavy atom. The second kappa shape index (κ2) is 4.65. The van der Waals surface area contributed by atoms with Crippen LogP contribution in [-0.2, 0) is 11.2 Å². The van der Waals surface area contributed by atoms with E-state index < -0.39 is 29.5 Å². The van der Waals surface area contributed by atoms with Crippen molar-refractivity contribution in [2.75, 3.05) is 0 Å². The van der Waals surface area contributed by atoms with Crippen molar-refractivity contribution in [2.24, 2.45) is 0 Å². The highest BCUT2D eigenvalue weighted by Gasteiger charge is 2.29. The third-order valence-electron chi connectivity index (χ3n) is 3.83. The number of carbonyl (C=O) groups is 1. The predicted molar refractivity (Wildman–Crippen MR) is 72.5 cm³/mol. The fourth-order valence-electron chi connectivity index (χ4n) is 2.77. The number of aromatic nitrogens is 1. The maximum atomic E-state index is 14.1. The predicted octanol–water partition coefficient (Wildman–Crippen LogP) is 2.55. The van der Waals surface area contributed by atoms with Gasteiger partial charge in [0.1, 0.15) is 5.82 Å². The molecule has 4 nitrogen and oxygen atoms in total. The van der Waals surface area contributed by atoms with E-state index in [0.717, 1.165) is 25.0 Å². The molecule has 0 bridgehead atoms. The van der Waals surface area contributed by atoms with Gasteiger partial charge in [0.05, 0.1) is 17.3 Å². The van der Waals surface area contributed by atoms with Gasteiger partial charge in [-0.15, -0.1) is 0 Å². The van der Waals surface area contributed by atoms with Crippen molar-refractivity contribution in [2.45, 2.75) is 32.2 Å². The van der Waals surface area contributed by atoms with Crippen LogP contribution in [0.1, 0.15) is 30.1 Å². The summed E-state index contributed by atoms with van der Waals surface area (Å²) >= 11 is 0. The van der Waals surface area contributed by atoms with Crippen molar-refractivity contribution in [1.82, 2.24) is 4.57 Å². The van der Waals surface area contributed by atoms with Crippen molar-refractivity contribution >= 4 is 16.9 Å². The van der Waals surface area contributed by atoms with Gasteiger partial charge >= 0.3 is 5.97 Å². The molecule has 110 valence electrons. The number of hydrogen-bond donors (Lipinski definition) is 1. The Morgan fingerprint density at radius 2 is 2.05 bits per heavy atom. The lowest BCUT2D eigenvalue weighted by Crippen LogP contribution is -2.22. The molecule has 6 heteroatoms. The van der Waals surface area contributed by atoms with E-state index in [1.165, 1.54) is 0 Å². The van der Waals surface area contributed by atoms with Gasteiger partial charge in [0, 0.05) is 23.4 Å². The summed E-state index contributed by atoms with van der Waals surface area (Å²) in [4.78, 5) is 23.3. The molecule has 1 fully saturated rings. The third kappa shape index (κ3) is 2.20. The molecule has 0 unspecified atom stereocenters. The molecular formula is C15H13F2NO3. The fraction of sp³-hybridized carbons (Fsp3) is 0.333. The van der Waals surface area contributed by atoms with Gasteiger partial charge < -0.3 is 9.67 Å². The molecule has 0 amide bonds. The van der Waals surface area contributed by atoms with Gasteiger partial charge in [0.15, 0.2) is 11.2 Å². The first-order chi connectivity index (χ1) is 9.90. The minimum atomic E-state index is -1.14. The summed E-state index contributed by atoms with van der Waals surface area (Å²) in [6.07, 6.45) is 1.22. The van der Waals surface area contributed by atoms with Crippen molar-refractivity contribution in [3.8, 4) is 0 Å². The summed E-state index contributed by atoms with van der Waals surface area (Å²) in [6, 6.07) is 1.77. The van der Waals surface area contributed by atoms with Gasteiger partial charge in [0.2, 0.25) is 0 Å². The zero-order valence-electron chi connectivity index (χ0n) is 11.3. The monoisotopic (exact) mass is 293 g/mol. The Hall–Kier alpha value is -2.24. The lowest BCUT2D eigenvalue weighted by Gasteiger charge is -2.17. The Balaban J connectivity index is 2.45. The summed E-state index contributed by atoms with van der Waals surface area (Å²) < 4.78 is 29.2. The van der Waals surface area contributed by atoms with Crippen molar-refractivity contribution < 1.29 is 18.7 Å². The molecule has 0 aliphatic heterocycles. The first-order valence-electron chi connectivity index (χ1n) is 6.64. The van der Waals surface area contributed by atoms with Gasteiger partial charge in [-0.05, 0) is 25.8 Å². The molecule has 0 radical (unpaired) electrons. The van der Waals surface area contributed by atoms with E-state index in [-0.39, 0.29) is 22.5 Å². The van der Waals surface area contributed by atoms with E-state index in [1.807, 2.05) is 0 Å². The highest BCUT2D eigenvalue weighted by Crippen LogP contribution is 2.39. The van der Waals surface area contributed by atoms with Crippen LogP contribution in [0.15, 0.2) is 16.9 Å². The van der Waals surface area contributed by atoms with Crippen LogP contribution >= 0.6 is 0 Å². The van der Waals surface area contributed by atoms with Crippen LogP contribution in [0, 0.1) is 18.6 Å². The largest absolute Gasteiger partial charge is 0.481 e. The Morgan fingerprint density at radius 3 is 2.62 bits per heavy atom. The Labute approximate surface area is 118 Å². The fourth-order valence-corrected chi connectivity index (χ4v) is 2.77. The number of fused-ring (bicyclic) bond motifs is 1. The minimum Gasteiger partial charge on any atom is -0.481 e. The average Bonchev–Trinajstić information content (AvgIpc) is 3.20. The maximum Gasteiger partial charge on any atom is 0.308 e. The molecule has 0 spiro atoms. The zero-order chi connectivity index (χ0) is 15.3. The highest BCUT2D eigenvalue weighted by atomic mass is 19.1. The summed E-state index contributed by atoms with van der Waals surface area (Å²) in [7, 11) is 0.